The molecule has 0 aromatic heterocycles. The fourth-order valence-electron chi connectivity index (χ4n) is 1.09. The highest BCUT2D eigenvalue weighted by Crippen LogP contribution is 2.22. The van der Waals surface area contributed by atoms with Gasteiger partial charge in [0, 0.05) is 0 Å². The summed E-state index contributed by atoms with van der Waals surface area (Å²) in [4.78, 5) is 0. The van der Waals surface area contributed by atoms with Gasteiger partial charge in [0.2, 0.25) is 0 Å². The second kappa shape index (κ2) is 7.17. The van der Waals surface area contributed by atoms with Crippen molar-refractivity contribution in [3.8, 4) is 6.07 Å². The molecule has 0 bridgehead atoms. The van der Waals surface area contributed by atoms with Crippen LogP contribution in [-0.2, 0) is 0 Å². The molecule has 0 amide bonds. The van der Waals surface area contributed by atoms with Gasteiger partial charge in [-0.1, -0.05) is 13.8 Å². The van der Waals surface area contributed by atoms with Gasteiger partial charge < -0.3 is 0 Å². The first-order valence-corrected chi connectivity index (χ1v) is 6.62. The number of thioether (sulfide) groups is 1. The van der Waals surface area contributed by atoms with Gasteiger partial charge >= 0.3 is 0 Å². The van der Waals surface area contributed by atoms with E-state index in [9.17, 15) is 0 Å². The molecule has 0 radical (unpaired) electrons. The zero-order valence-corrected chi connectivity index (χ0v) is 10.8. The van der Waals surface area contributed by atoms with E-state index in [0.29, 0.717) is 0 Å². The Hall–Kier alpha value is -0.160. The van der Waals surface area contributed by atoms with Crippen LogP contribution in [0, 0.1) is 22.7 Å². The number of hydrogen-bond acceptors (Lipinski definition) is 2. The second-order valence-electron chi connectivity index (χ2n) is 4.89. The van der Waals surface area contributed by atoms with Gasteiger partial charge in [0.1, 0.15) is 0 Å². The van der Waals surface area contributed by atoms with E-state index in [1.807, 2.05) is 25.6 Å². The zero-order chi connectivity index (χ0) is 11.0. The molecule has 0 aliphatic heterocycles. The Morgan fingerprint density at radius 2 is 1.93 bits per heavy atom. The van der Waals surface area contributed by atoms with Crippen molar-refractivity contribution in [1.29, 1.82) is 5.26 Å². The summed E-state index contributed by atoms with van der Waals surface area (Å²) in [6, 6.07) is 2.34. The molecule has 0 aliphatic carbocycles. The minimum atomic E-state index is -0.126. The third kappa shape index (κ3) is 8.44. The summed E-state index contributed by atoms with van der Waals surface area (Å²) in [5, 5.41) is 8.81. The molecule has 0 fully saturated rings. The summed E-state index contributed by atoms with van der Waals surface area (Å²) in [5.41, 5.74) is -0.126. The molecule has 2 heteroatoms. The van der Waals surface area contributed by atoms with Crippen molar-refractivity contribution in [2.75, 3.05) is 11.5 Å². The summed E-state index contributed by atoms with van der Waals surface area (Å²) in [5.74, 6) is 3.29. The van der Waals surface area contributed by atoms with E-state index < -0.39 is 0 Å². The van der Waals surface area contributed by atoms with Crippen LogP contribution in [-0.4, -0.2) is 11.5 Å². The smallest absolute Gasteiger partial charge is 0.0683 e. The third-order valence-corrected chi connectivity index (χ3v) is 3.33. The van der Waals surface area contributed by atoms with E-state index in [1.165, 1.54) is 24.3 Å². The highest BCUT2D eigenvalue weighted by atomic mass is 32.2. The molecule has 0 rings (SSSR count). The van der Waals surface area contributed by atoms with Crippen molar-refractivity contribution < 1.29 is 0 Å². The van der Waals surface area contributed by atoms with E-state index in [4.69, 9.17) is 5.26 Å². The van der Waals surface area contributed by atoms with Crippen LogP contribution in [0.5, 0.6) is 0 Å². The van der Waals surface area contributed by atoms with Crippen molar-refractivity contribution in [1.82, 2.24) is 0 Å². The molecule has 14 heavy (non-hydrogen) atoms. The first-order chi connectivity index (χ1) is 6.48. The number of nitriles is 1. The van der Waals surface area contributed by atoms with Crippen LogP contribution in [0.15, 0.2) is 0 Å². The SMILES string of the molecule is CC(C)CCSCCCC(C)(C)C#N. The Bertz CT molecular complexity index is 179. The molecule has 0 saturated carbocycles. The quantitative estimate of drug-likeness (QED) is 0.595. The predicted molar refractivity (Wildman–Crippen MR) is 65.4 cm³/mol. The van der Waals surface area contributed by atoms with Crippen LogP contribution < -0.4 is 0 Å². The molecule has 0 aromatic rings. The summed E-state index contributed by atoms with van der Waals surface area (Å²) in [7, 11) is 0. The average molecular weight is 213 g/mol. The molecule has 0 heterocycles. The lowest BCUT2D eigenvalue weighted by Crippen LogP contribution is -2.07. The molecule has 0 atom stereocenters. The minimum absolute atomic E-state index is 0.126. The Labute approximate surface area is 93.3 Å². The first kappa shape index (κ1) is 13.8. The monoisotopic (exact) mass is 213 g/mol. The van der Waals surface area contributed by atoms with E-state index in [-0.39, 0.29) is 5.41 Å². The van der Waals surface area contributed by atoms with Gasteiger partial charge in [-0.25, -0.2) is 0 Å². The maximum atomic E-state index is 8.81. The minimum Gasteiger partial charge on any atom is -0.198 e. The van der Waals surface area contributed by atoms with Crippen LogP contribution in [0.4, 0.5) is 0 Å². The van der Waals surface area contributed by atoms with Gasteiger partial charge in [0.15, 0.2) is 0 Å². The maximum Gasteiger partial charge on any atom is 0.0683 e. The van der Waals surface area contributed by atoms with E-state index >= 15 is 0 Å². The highest BCUT2D eigenvalue weighted by molar-refractivity contribution is 7.99. The molecular formula is C12H23NS. The van der Waals surface area contributed by atoms with Crippen molar-refractivity contribution in [2.24, 2.45) is 11.3 Å². The molecule has 1 nitrogen and oxygen atoms in total. The molecule has 0 N–H and O–H groups in total. The van der Waals surface area contributed by atoms with Crippen molar-refractivity contribution in [3.05, 3.63) is 0 Å². The fraction of sp³-hybridized carbons (Fsp3) is 0.917. The van der Waals surface area contributed by atoms with E-state index in [2.05, 4.69) is 19.9 Å². The molecule has 0 unspecified atom stereocenters. The first-order valence-electron chi connectivity index (χ1n) is 5.47. The summed E-state index contributed by atoms with van der Waals surface area (Å²) >= 11 is 2.02. The Morgan fingerprint density at radius 1 is 1.29 bits per heavy atom. The van der Waals surface area contributed by atoms with Crippen molar-refractivity contribution in [3.63, 3.8) is 0 Å². The zero-order valence-electron chi connectivity index (χ0n) is 9.97. The molecule has 0 aromatic carbocycles. The molecule has 0 saturated heterocycles. The Morgan fingerprint density at radius 3 is 2.43 bits per heavy atom. The topological polar surface area (TPSA) is 23.8 Å². The van der Waals surface area contributed by atoms with Crippen LogP contribution in [0.3, 0.4) is 0 Å². The highest BCUT2D eigenvalue weighted by Gasteiger charge is 2.15. The van der Waals surface area contributed by atoms with Gasteiger partial charge in [-0.05, 0) is 50.5 Å². The molecule has 82 valence electrons. The number of nitrogens with zero attached hydrogens (tertiary/aromatic N) is 1. The van der Waals surface area contributed by atoms with Gasteiger partial charge in [-0.15, -0.1) is 0 Å². The predicted octanol–water partition coefficient (Wildman–Crippen LogP) is 4.10. The van der Waals surface area contributed by atoms with E-state index in [1.54, 1.807) is 0 Å². The van der Waals surface area contributed by atoms with E-state index in [0.717, 1.165) is 12.3 Å². The fourth-order valence-corrected chi connectivity index (χ4v) is 2.28. The molecular weight excluding hydrogens is 190 g/mol. The van der Waals surface area contributed by atoms with Crippen LogP contribution >= 0.6 is 11.8 Å². The van der Waals surface area contributed by atoms with Gasteiger partial charge in [-0.3, -0.25) is 0 Å². The normalized spacial score (nSPS) is 11.7. The lowest BCUT2D eigenvalue weighted by Gasteiger charge is -2.14. The second-order valence-corrected chi connectivity index (χ2v) is 6.12. The lowest BCUT2D eigenvalue weighted by molar-refractivity contribution is 0.447. The summed E-state index contributed by atoms with van der Waals surface area (Å²) in [6.45, 7) is 8.57. The average Bonchev–Trinajstić information content (AvgIpc) is 2.10. The Kier molecular flexibility index (Phi) is 7.09. The maximum absolute atomic E-state index is 8.81. The van der Waals surface area contributed by atoms with Crippen LogP contribution in [0.1, 0.15) is 47.0 Å². The van der Waals surface area contributed by atoms with Crippen molar-refractivity contribution in [2.45, 2.75) is 47.0 Å². The number of hydrogen-bond donors (Lipinski definition) is 0. The molecule has 0 spiro atoms. The van der Waals surface area contributed by atoms with Crippen LogP contribution in [0.2, 0.25) is 0 Å². The molecule has 0 aliphatic rings. The van der Waals surface area contributed by atoms with Gasteiger partial charge in [0.05, 0.1) is 11.5 Å². The van der Waals surface area contributed by atoms with Crippen molar-refractivity contribution >= 4 is 11.8 Å². The summed E-state index contributed by atoms with van der Waals surface area (Å²) in [6.07, 6.45) is 3.51. The number of rotatable bonds is 7. The van der Waals surface area contributed by atoms with Gasteiger partial charge in [0.25, 0.3) is 0 Å². The standard InChI is InChI=1S/C12H23NS/c1-11(2)6-9-14-8-5-7-12(3,4)10-13/h11H,5-9H2,1-4H3. The third-order valence-electron chi connectivity index (χ3n) is 2.23. The van der Waals surface area contributed by atoms with Gasteiger partial charge in [-0.2, -0.15) is 17.0 Å². The van der Waals surface area contributed by atoms with Crippen LogP contribution in [0.25, 0.3) is 0 Å². The lowest BCUT2D eigenvalue weighted by atomic mass is 9.90. The Balaban J connectivity index is 3.27. The largest absolute Gasteiger partial charge is 0.198 e. The summed E-state index contributed by atoms with van der Waals surface area (Å²) < 4.78 is 0.